The van der Waals surface area contributed by atoms with Crippen LogP contribution in [-0.4, -0.2) is 0 Å². The first-order chi connectivity index (χ1) is 7.03. The van der Waals surface area contributed by atoms with E-state index in [2.05, 4.69) is 39.2 Å². The van der Waals surface area contributed by atoms with Crippen LogP contribution in [0.2, 0.25) is 0 Å². The second kappa shape index (κ2) is 3.66. The van der Waals surface area contributed by atoms with Gasteiger partial charge < -0.3 is 0 Å². The maximum absolute atomic E-state index is 4.26. The van der Waals surface area contributed by atoms with Gasteiger partial charge in [-0.25, -0.2) is 0 Å². The van der Waals surface area contributed by atoms with Crippen LogP contribution in [-0.2, 0) is 0 Å². The van der Waals surface area contributed by atoms with Gasteiger partial charge in [-0.05, 0) is 49.9 Å². The molecule has 0 heteroatoms. The zero-order valence-corrected chi connectivity index (χ0v) is 10.1. The van der Waals surface area contributed by atoms with Crippen LogP contribution < -0.4 is 0 Å². The summed E-state index contributed by atoms with van der Waals surface area (Å²) in [6.07, 6.45) is 9.70. The Morgan fingerprint density at radius 2 is 2.27 bits per heavy atom. The first-order valence-corrected chi connectivity index (χ1v) is 6.04. The fraction of sp³-hybridized carbons (Fsp3) is 0.600. The lowest BCUT2D eigenvalue weighted by atomic mass is 9.59. The lowest BCUT2D eigenvalue weighted by Crippen LogP contribution is -2.35. The Balaban J connectivity index is 2.22. The molecule has 0 N–H and O–H groups in total. The highest BCUT2D eigenvalue weighted by Crippen LogP contribution is 2.51. The number of allylic oxidation sites excluding steroid dienone is 4. The fourth-order valence-electron chi connectivity index (χ4n) is 3.23. The topological polar surface area (TPSA) is 0 Å². The molecule has 0 aromatic heterocycles. The second-order valence-electron chi connectivity index (χ2n) is 5.64. The highest BCUT2D eigenvalue weighted by molar-refractivity contribution is 5.23. The summed E-state index contributed by atoms with van der Waals surface area (Å²) in [6.45, 7) is 12.9. The van der Waals surface area contributed by atoms with Gasteiger partial charge >= 0.3 is 0 Å². The molecule has 2 rings (SSSR count). The molecule has 0 amide bonds. The predicted molar refractivity (Wildman–Crippen MR) is 66.6 cm³/mol. The standard InChI is InChI=1S/C15H22/c1-11(2)13-7-9-15(4)8-5-6-12(3)14(15)10-13/h5,8,13-14H,1,3,6-7,9-10H2,2,4H3/t13-,14-,15-/m1/s1. The van der Waals surface area contributed by atoms with Gasteiger partial charge in [0.15, 0.2) is 0 Å². The number of hydrogen-bond donors (Lipinski definition) is 0. The van der Waals surface area contributed by atoms with Crippen LogP contribution >= 0.6 is 0 Å². The van der Waals surface area contributed by atoms with E-state index in [0.29, 0.717) is 11.3 Å². The molecule has 15 heavy (non-hydrogen) atoms. The third kappa shape index (κ3) is 1.82. The minimum Gasteiger partial charge on any atom is -0.0999 e. The van der Waals surface area contributed by atoms with Gasteiger partial charge in [0.2, 0.25) is 0 Å². The summed E-state index contributed by atoms with van der Waals surface area (Å²) in [6, 6.07) is 0. The minimum absolute atomic E-state index is 0.390. The monoisotopic (exact) mass is 202 g/mol. The maximum atomic E-state index is 4.26. The van der Waals surface area contributed by atoms with Crippen molar-refractivity contribution >= 4 is 0 Å². The Hall–Kier alpha value is -0.780. The molecule has 0 spiro atoms. The summed E-state index contributed by atoms with van der Waals surface area (Å²) in [5.74, 6) is 1.42. The van der Waals surface area contributed by atoms with Crippen LogP contribution in [0.4, 0.5) is 0 Å². The summed E-state index contributed by atoms with van der Waals surface area (Å²) >= 11 is 0. The summed E-state index contributed by atoms with van der Waals surface area (Å²) in [5, 5.41) is 0. The molecule has 1 fully saturated rings. The molecule has 0 aromatic rings. The minimum atomic E-state index is 0.390. The molecular weight excluding hydrogens is 180 g/mol. The zero-order valence-electron chi connectivity index (χ0n) is 10.1. The largest absolute Gasteiger partial charge is 0.0999 e. The summed E-state index contributed by atoms with van der Waals surface area (Å²) < 4.78 is 0. The molecule has 2 aliphatic carbocycles. The molecule has 0 heterocycles. The van der Waals surface area contributed by atoms with Crippen LogP contribution in [0.1, 0.15) is 39.5 Å². The highest BCUT2D eigenvalue weighted by Gasteiger charge is 2.40. The van der Waals surface area contributed by atoms with Gasteiger partial charge in [0.25, 0.3) is 0 Å². The molecule has 0 unspecified atom stereocenters. The molecule has 0 nitrogen and oxygen atoms in total. The van der Waals surface area contributed by atoms with Crippen molar-refractivity contribution in [1.29, 1.82) is 0 Å². The van der Waals surface area contributed by atoms with Crippen LogP contribution in [0.3, 0.4) is 0 Å². The van der Waals surface area contributed by atoms with Crippen molar-refractivity contribution in [1.82, 2.24) is 0 Å². The zero-order chi connectivity index (χ0) is 11.1. The van der Waals surface area contributed by atoms with Gasteiger partial charge in [-0.2, -0.15) is 0 Å². The van der Waals surface area contributed by atoms with Crippen LogP contribution in [0.15, 0.2) is 36.5 Å². The lowest BCUT2D eigenvalue weighted by molar-refractivity contribution is 0.162. The molecule has 3 atom stereocenters. The van der Waals surface area contributed by atoms with Crippen LogP contribution in [0.5, 0.6) is 0 Å². The average molecular weight is 202 g/mol. The number of fused-ring (bicyclic) bond motifs is 1. The van der Waals surface area contributed by atoms with E-state index in [-0.39, 0.29) is 0 Å². The SMILES string of the molecule is C=C(C)[C@@H]1CC[C@@]2(C)C=CCC(=C)[C@H]2C1. The van der Waals surface area contributed by atoms with E-state index in [1.54, 1.807) is 0 Å². The molecular formula is C15H22. The fourth-order valence-corrected chi connectivity index (χ4v) is 3.23. The summed E-state index contributed by atoms with van der Waals surface area (Å²) in [4.78, 5) is 0. The quantitative estimate of drug-likeness (QED) is 0.549. The predicted octanol–water partition coefficient (Wildman–Crippen LogP) is 4.50. The Morgan fingerprint density at radius 1 is 1.53 bits per heavy atom. The molecule has 0 aromatic carbocycles. The molecule has 0 radical (unpaired) electrons. The van der Waals surface area contributed by atoms with E-state index in [1.807, 2.05) is 0 Å². The Labute approximate surface area is 93.8 Å². The van der Waals surface area contributed by atoms with Crippen molar-refractivity contribution in [2.75, 3.05) is 0 Å². The first kappa shape index (κ1) is 10.7. The van der Waals surface area contributed by atoms with E-state index < -0.39 is 0 Å². The summed E-state index contributed by atoms with van der Waals surface area (Å²) in [7, 11) is 0. The highest BCUT2D eigenvalue weighted by atomic mass is 14.4. The Morgan fingerprint density at radius 3 is 2.93 bits per heavy atom. The third-order valence-electron chi connectivity index (χ3n) is 4.42. The average Bonchev–Trinajstić information content (AvgIpc) is 2.17. The Bertz CT molecular complexity index is 321. The van der Waals surface area contributed by atoms with Crippen molar-refractivity contribution in [3.8, 4) is 0 Å². The van der Waals surface area contributed by atoms with E-state index in [1.165, 1.54) is 30.4 Å². The lowest BCUT2D eigenvalue weighted by Gasteiger charge is -2.46. The first-order valence-electron chi connectivity index (χ1n) is 6.04. The number of rotatable bonds is 1. The molecule has 82 valence electrons. The van der Waals surface area contributed by atoms with Gasteiger partial charge in [0, 0.05) is 0 Å². The van der Waals surface area contributed by atoms with Gasteiger partial charge in [0.05, 0.1) is 0 Å². The molecule has 1 saturated carbocycles. The van der Waals surface area contributed by atoms with E-state index >= 15 is 0 Å². The normalized spacial score (nSPS) is 40.0. The molecule has 0 bridgehead atoms. The van der Waals surface area contributed by atoms with Gasteiger partial charge in [0.1, 0.15) is 0 Å². The van der Waals surface area contributed by atoms with Gasteiger partial charge in [-0.15, -0.1) is 0 Å². The summed E-state index contributed by atoms with van der Waals surface area (Å²) in [5.41, 5.74) is 3.19. The van der Waals surface area contributed by atoms with Crippen LogP contribution in [0, 0.1) is 17.3 Å². The number of hydrogen-bond acceptors (Lipinski definition) is 0. The molecule has 0 aliphatic heterocycles. The van der Waals surface area contributed by atoms with E-state index in [4.69, 9.17) is 0 Å². The van der Waals surface area contributed by atoms with Gasteiger partial charge in [-0.1, -0.05) is 43.4 Å². The van der Waals surface area contributed by atoms with Crippen molar-refractivity contribution in [2.24, 2.45) is 17.3 Å². The van der Waals surface area contributed by atoms with Crippen molar-refractivity contribution < 1.29 is 0 Å². The second-order valence-corrected chi connectivity index (χ2v) is 5.64. The maximum Gasteiger partial charge on any atom is -0.00806 e. The van der Waals surface area contributed by atoms with Crippen LogP contribution in [0.25, 0.3) is 0 Å². The smallest absolute Gasteiger partial charge is 0.00806 e. The molecule has 2 aliphatic rings. The Kier molecular flexibility index (Phi) is 2.62. The van der Waals surface area contributed by atoms with E-state index in [0.717, 1.165) is 12.3 Å². The van der Waals surface area contributed by atoms with E-state index in [9.17, 15) is 0 Å². The van der Waals surface area contributed by atoms with Crippen molar-refractivity contribution in [3.63, 3.8) is 0 Å². The molecule has 0 saturated heterocycles. The van der Waals surface area contributed by atoms with Gasteiger partial charge in [-0.3, -0.25) is 0 Å². The third-order valence-corrected chi connectivity index (χ3v) is 4.42. The van der Waals surface area contributed by atoms with Crippen molar-refractivity contribution in [3.05, 3.63) is 36.5 Å². The van der Waals surface area contributed by atoms with Crippen molar-refractivity contribution in [2.45, 2.75) is 39.5 Å².